The highest BCUT2D eigenvalue weighted by Gasteiger charge is 2.39. The maximum Gasteiger partial charge on any atom is 0.219 e. The van der Waals surface area contributed by atoms with Crippen LogP contribution in [-0.2, 0) is 11.2 Å². The molecule has 0 unspecified atom stereocenters. The molecule has 1 aliphatic rings. The van der Waals surface area contributed by atoms with E-state index >= 15 is 0 Å². The predicted molar refractivity (Wildman–Crippen MR) is 118 cm³/mol. The maximum atomic E-state index is 11.4. The molecule has 0 bridgehead atoms. The molecule has 0 spiro atoms. The van der Waals surface area contributed by atoms with Gasteiger partial charge in [-0.3, -0.25) is 4.79 Å². The van der Waals surface area contributed by atoms with Crippen molar-refractivity contribution in [3.8, 4) is 0 Å². The number of carbonyl (C=O) groups excluding carboxylic acids is 1. The molecule has 1 saturated carbocycles. The van der Waals surface area contributed by atoms with Gasteiger partial charge in [-0.15, -0.1) is 0 Å². The Hall–Kier alpha value is -1.91. The van der Waals surface area contributed by atoms with E-state index < -0.39 is 12.2 Å². The number of allylic oxidation sites excluding steroid dienone is 4. The topological polar surface area (TPSA) is 69.6 Å². The lowest BCUT2D eigenvalue weighted by atomic mass is 9.87. The summed E-state index contributed by atoms with van der Waals surface area (Å²) in [5.41, 5.74) is 1.34. The van der Waals surface area contributed by atoms with Crippen LogP contribution in [0.4, 0.5) is 0 Å². The van der Waals surface area contributed by atoms with Crippen molar-refractivity contribution in [1.82, 2.24) is 5.32 Å². The minimum atomic E-state index is -0.437. The molecule has 29 heavy (non-hydrogen) atoms. The smallest absolute Gasteiger partial charge is 0.219 e. The fourth-order valence-corrected chi connectivity index (χ4v) is 4.13. The third-order valence-electron chi connectivity index (χ3n) is 5.76. The van der Waals surface area contributed by atoms with Crippen molar-refractivity contribution in [2.45, 2.75) is 70.5 Å². The molecule has 1 amide bonds. The summed E-state index contributed by atoms with van der Waals surface area (Å²) in [5, 5.41) is 23.5. The van der Waals surface area contributed by atoms with Crippen LogP contribution in [-0.4, -0.2) is 34.9 Å². The van der Waals surface area contributed by atoms with E-state index in [0.29, 0.717) is 19.4 Å². The summed E-state index contributed by atoms with van der Waals surface area (Å²) in [6, 6.07) is 10.4. The molecule has 1 aromatic rings. The molecule has 0 radical (unpaired) electrons. The van der Waals surface area contributed by atoms with Crippen molar-refractivity contribution in [2.75, 3.05) is 6.54 Å². The summed E-state index contributed by atoms with van der Waals surface area (Å²) in [4.78, 5) is 11.4. The number of aliphatic hydroxyl groups excluding tert-OH is 2. The molecule has 1 aliphatic carbocycles. The van der Waals surface area contributed by atoms with Crippen molar-refractivity contribution < 1.29 is 15.0 Å². The van der Waals surface area contributed by atoms with Crippen molar-refractivity contribution in [1.29, 1.82) is 0 Å². The van der Waals surface area contributed by atoms with Crippen molar-refractivity contribution in [3.05, 3.63) is 60.2 Å². The second kappa shape index (κ2) is 13.3. The van der Waals surface area contributed by atoms with E-state index in [0.717, 1.165) is 38.5 Å². The number of aliphatic hydroxyl groups is 2. The molecule has 4 heteroatoms. The summed E-state index contributed by atoms with van der Waals surface area (Å²) < 4.78 is 0. The Morgan fingerprint density at radius 3 is 2.24 bits per heavy atom. The Morgan fingerprint density at radius 1 is 1.00 bits per heavy atom. The molecule has 1 aromatic carbocycles. The Kier molecular flexibility index (Phi) is 10.7. The van der Waals surface area contributed by atoms with Crippen LogP contribution in [0.2, 0.25) is 0 Å². The molecule has 0 heterocycles. The molecule has 160 valence electrons. The highest BCUT2D eigenvalue weighted by Crippen LogP contribution is 2.37. The third-order valence-corrected chi connectivity index (χ3v) is 5.76. The van der Waals surface area contributed by atoms with E-state index in [1.807, 2.05) is 13.0 Å². The Morgan fingerprint density at radius 2 is 1.62 bits per heavy atom. The fraction of sp³-hybridized carbons (Fsp3) is 0.560. The summed E-state index contributed by atoms with van der Waals surface area (Å²) in [5.74, 6) is 0.315. The van der Waals surface area contributed by atoms with E-state index in [2.05, 4.69) is 53.9 Å². The maximum absolute atomic E-state index is 11.4. The second-order valence-electron chi connectivity index (χ2n) is 7.98. The fourth-order valence-electron chi connectivity index (χ4n) is 4.13. The van der Waals surface area contributed by atoms with Gasteiger partial charge < -0.3 is 15.5 Å². The van der Waals surface area contributed by atoms with Crippen LogP contribution in [0.5, 0.6) is 0 Å². The van der Waals surface area contributed by atoms with Crippen molar-refractivity contribution in [3.63, 3.8) is 0 Å². The first kappa shape index (κ1) is 23.4. The van der Waals surface area contributed by atoms with E-state index in [-0.39, 0.29) is 17.7 Å². The lowest BCUT2D eigenvalue weighted by Crippen LogP contribution is -2.22. The minimum Gasteiger partial charge on any atom is -0.393 e. The number of carbonyl (C=O) groups is 1. The van der Waals surface area contributed by atoms with Gasteiger partial charge in [-0.1, -0.05) is 54.6 Å². The molecule has 4 atom stereocenters. The number of hydrogen-bond donors (Lipinski definition) is 3. The van der Waals surface area contributed by atoms with Crippen LogP contribution in [0.3, 0.4) is 0 Å². The first-order chi connectivity index (χ1) is 14.1. The zero-order chi connectivity index (χ0) is 20.9. The Balaban J connectivity index is 1.71. The van der Waals surface area contributed by atoms with Crippen LogP contribution in [0.1, 0.15) is 57.4 Å². The largest absolute Gasteiger partial charge is 0.393 e. The first-order valence-corrected chi connectivity index (χ1v) is 11.1. The quantitative estimate of drug-likeness (QED) is 0.365. The van der Waals surface area contributed by atoms with Gasteiger partial charge >= 0.3 is 0 Å². The average molecular weight is 400 g/mol. The number of aryl methyl sites for hydroxylation is 1. The lowest BCUT2D eigenvalue weighted by Gasteiger charge is -2.21. The predicted octanol–water partition coefficient (Wildman–Crippen LogP) is 4.18. The standard InChI is InChI=1S/C25H37NO3/c1-2-26-25(29)18-12-4-3-10-16-21-22(24(28)19-23(21)27)17-11-6-9-15-20-13-7-5-8-14-20/h3,5-8,10-11,13-14,21-24,27-28H,2,4,9,12,15-19H2,1H3,(H,26,29)/b10-3?,11-6+/t21-,22-,23+,24-/m1/s1. The van der Waals surface area contributed by atoms with Crippen molar-refractivity contribution >= 4 is 5.91 Å². The Labute approximate surface area is 175 Å². The monoisotopic (exact) mass is 399 g/mol. The van der Waals surface area contributed by atoms with Gasteiger partial charge in [-0.25, -0.2) is 0 Å². The summed E-state index contributed by atoms with van der Waals surface area (Å²) in [6.07, 6.45) is 14.0. The van der Waals surface area contributed by atoms with Crippen LogP contribution < -0.4 is 5.32 Å². The number of unbranched alkanes of at least 4 members (excludes halogenated alkanes) is 1. The van der Waals surface area contributed by atoms with Gasteiger partial charge in [0.15, 0.2) is 0 Å². The summed E-state index contributed by atoms with van der Waals surface area (Å²) in [6.45, 7) is 2.60. The zero-order valence-corrected chi connectivity index (χ0v) is 17.7. The molecule has 3 N–H and O–H groups in total. The molecule has 4 nitrogen and oxygen atoms in total. The third kappa shape index (κ3) is 8.55. The average Bonchev–Trinajstić information content (AvgIpc) is 2.98. The van der Waals surface area contributed by atoms with Crippen LogP contribution in [0.15, 0.2) is 54.6 Å². The molecule has 1 fully saturated rings. The minimum absolute atomic E-state index is 0.100. The molecule has 2 rings (SSSR count). The number of hydrogen-bond acceptors (Lipinski definition) is 3. The van der Waals surface area contributed by atoms with Gasteiger partial charge in [0.05, 0.1) is 12.2 Å². The number of rotatable bonds is 12. The van der Waals surface area contributed by atoms with Crippen LogP contribution >= 0.6 is 0 Å². The molecule has 0 saturated heterocycles. The summed E-state index contributed by atoms with van der Waals surface area (Å²) >= 11 is 0. The van der Waals surface area contributed by atoms with Gasteiger partial charge in [0.25, 0.3) is 0 Å². The highest BCUT2D eigenvalue weighted by molar-refractivity contribution is 5.75. The van der Waals surface area contributed by atoms with Crippen molar-refractivity contribution in [2.24, 2.45) is 11.8 Å². The Bertz CT molecular complexity index is 641. The van der Waals surface area contributed by atoms with Gasteiger partial charge in [0.1, 0.15) is 0 Å². The van der Waals surface area contributed by atoms with Gasteiger partial charge in [-0.2, -0.15) is 0 Å². The number of nitrogens with one attached hydrogen (secondary N) is 1. The number of amides is 1. The summed E-state index contributed by atoms with van der Waals surface area (Å²) in [7, 11) is 0. The van der Waals surface area contributed by atoms with E-state index in [4.69, 9.17) is 0 Å². The molecule has 0 aromatic heterocycles. The molecule has 0 aliphatic heterocycles. The molecular formula is C25H37NO3. The first-order valence-electron chi connectivity index (χ1n) is 11.1. The molecular weight excluding hydrogens is 362 g/mol. The van der Waals surface area contributed by atoms with Gasteiger partial charge in [0.2, 0.25) is 5.91 Å². The second-order valence-corrected chi connectivity index (χ2v) is 7.98. The van der Waals surface area contributed by atoms with Gasteiger partial charge in [-0.05, 0) is 69.3 Å². The van der Waals surface area contributed by atoms with Crippen LogP contribution in [0, 0.1) is 11.8 Å². The van der Waals surface area contributed by atoms with Gasteiger partial charge in [0, 0.05) is 13.0 Å². The van der Waals surface area contributed by atoms with Crippen LogP contribution in [0.25, 0.3) is 0 Å². The SMILES string of the molecule is CCNC(=O)CCCC=CC[C@@H]1[C@@H](C/C=C/CCc2ccccc2)[C@H](O)C[C@@H]1O. The van der Waals surface area contributed by atoms with E-state index in [9.17, 15) is 15.0 Å². The zero-order valence-electron chi connectivity index (χ0n) is 17.7. The number of benzene rings is 1. The lowest BCUT2D eigenvalue weighted by molar-refractivity contribution is -0.121. The highest BCUT2D eigenvalue weighted by atomic mass is 16.3. The normalized spacial score (nSPS) is 24.5. The van der Waals surface area contributed by atoms with E-state index in [1.54, 1.807) is 0 Å². The van der Waals surface area contributed by atoms with E-state index in [1.165, 1.54) is 5.56 Å².